The smallest absolute Gasteiger partial charge is 0.226 e. The molecule has 0 spiro atoms. The summed E-state index contributed by atoms with van der Waals surface area (Å²) in [5, 5.41) is 0. The number of carbonyl (C=O) groups excluding carboxylic acids is 2. The fourth-order valence-corrected chi connectivity index (χ4v) is 1.56. The molecular formula is C15H20N2O2. The van der Waals surface area contributed by atoms with E-state index in [2.05, 4.69) is 0 Å². The second kappa shape index (κ2) is 6.73. The molecule has 0 aliphatic heterocycles. The van der Waals surface area contributed by atoms with Crippen LogP contribution in [0.15, 0.2) is 36.5 Å². The topological polar surface area (TPSA) is 40.6 Å². The van der Waals surface area contributed by atoms with E-state index in [0.717, 1.165) is 5.69 Å². The summed E-state index contributed by atoms with van der Waals surface area (Å²) in [6.07, 6.45) is 3.66. The van der Waals surface area contributed by atoms with Gasteiger partial charge in [0, 0.05) is 51.1 Å². The molecule has 0 atom stereocenters. The zero-order chi connectivity index (χ0) is 14.4. The number of allylic oxidation sites excluding steroid dienone is 1. The molecule has 1 amide bonds. The summed E-state index contributed by atoms with van der Waals surface area (Å²) in [4.78, 5) is 26.9. The summed E-state index contributed by atoms with van der Waals surface area (Å²) >= 11 is 0. The van der Waals surface area contributed by atoms with Gasteiger partial charge in [0.2, 0.25) is 5.91 Å². The molecule has 1 aromatic carbocycles. The molecule has 0 saturated carbocycles. The third kappa shape index (κ3) is 4.25. The Morgan fingerprint density at radius 2 is 1.89 bits per heavy atom. The lowest BCUT2D eigenvalue weighted by atomic mass is 10.1. The summed E-state index contributed by atoms with van der Waals surface area (Å²) in [5.41, 5.74) is 1.31. The predicted molar refractivity (Wildman–Crippen MR) is 77.3 cm³/mol. The zero-order valence-electron chi connectivity index (χ0n) is 11.9. The van der Waals surface area contributed by atoms with Gasteiger partial charge in [-0.3, -0.25) is 9.59 Å². The van der Waals surface area contributed by atoms with Gasteiger partial charge in [0.15, 0.2) is 5.78 Å². The van der Waals surface area contributed by atoms with E-state index in [4.69, 9.17) is 0 Å². The quantitative estimate of drug-likeness (QED) is 0.602. The average Bonchev–Trinajstić information content (AvgIpc) is 2.43. The van der Waals surface area contributed by atoms with E-state index in [1.807, 2.05) is 27.1 Å². The number of benzene rings is 1. The standard InChI is InChI=1S/C15H20N2O2/c1-5-15(19)17(4)13-8-6-7-12(11-13)14(18)9-10-16(2)3/h6-11H,5H2,1-4H3/b10-9+. The lowest BCUT2D eigenvalue weighted by molar-refractivity contribution is -0.118. The number of carbonyl (C=O) groups is 2. The number of hydrogen-bond acceptors (Lipinski definition) is 3. The highest BCUT2D eigenvalue weighted by Crippen LogP contribution is 2.16. The summed E-state index contributed by atoms with van der Waals surface area (Å²) in [6.45, 7) is 1.81. The van der Waals surface area contributed by atoms with Crippen molar-refractivity contribution >= 4 is 17.4 Å². The van der Waals surface area contributed by atoms with Gasteiger partial charge in [-0.25, -0.2) is 0 Å². The van der Waals surface area contributed by atoms with Gasteiger partial charge in [-0.05, 0) is 12.1 Å². The number of anilines is 1. The molecule has 0 aliphatic rings. The molecule has 0 heterocycles. The molecule has 0 saturated heterocycles. The van der Waals surface area contributed by atoms with Crippen molar-refractivity contribution < 1.29 is 9.59 Å². The number of hydrogen-bond donors (Lipinski definition) is 0. The first-order valence-corrected chi connectivity index (χ1v) is 6.21. The maximum absolute atomic E-state index is 11.9. The molecule has 1 rings (SSSR count). The molecule has 19 heavy (non-hydrogen) atoms. The minimum absolute atomic E-state index is 0.0217. The van der Waals surface area contributed by atoms with Gasteiger partial charge < -0.3 is 9.80 Å². The SMILES string of the molecule is CCC(=O)N(C)c1cccc(C(=O)/C=C/N(C)C)c1. The van der Waals surface area contributed by atoms with Crippen molar-refractivity contribution in [1.82, 2.24) is 4.90 Å². The Balaban J connectivity index is 2.94. The van der Waals surface area contributed by atoms with Crippen LogP contribution in [-0.4, -0.2) is 37.7 Å². The number of ketones is 1. The van der Waals surface area contributed by atoms with Gasteiger partial charge in [0.25, 0.3) is 0 Å². The average molecular weight is 260 g/mol. The molecule has 0 unspecified atom stereocenters. The Kier molecular flexibility index (Phi) is 5.30. The van der Waals surface area contributed by atoms with Gasteiger partial charge >= 0.3 is 0 Å². The van der Waals surface area contributed by atoms with Gasteiger partial charge in [-0.15, -0.1) is 0 Å². The first-order chi connectivity index (χ1) is 8.95. The van der Waals surface area contributed by atoms with Crippen LogP contribution in [0.25, 0.3) is 0 Å². The van der Waals surface area contributed by atoms with Crippen LogP contribution in [0, 0.1) is 0 Å². The second-order valence-corrected chi connectivity index (χ2v) is 4.50. The van der Waals surface area contributed by atoms with E-state index >= 15 is 0 Å². The van der Waals surface area contributed by atoms with Crippen molar-refractivity contribution in [2.24, 2.45) is 0 Å². The number of nitrogens with zero attached hydrogens (tertiary/aromatic N) is 2. The monoisotopic (exact) mass is 260 g/mol. The lowest BCUT2D eigenvalue weighted by Crippen LogP contribution is -2.25. The molecule has 0 aromatic heterocycles. The molecule has 0 fully saturated rings. The van der Waals surface area contributed by atoms with Gasteiger partial charge in [0.05, 0.1) is 0 Å². The summed E-state index contributed by atoms with van der Waals surface area (Å²) in [7, 11) is 5.42. The molecule has 102 valence electrons. The Hall–Kier alpha value is -2.10. The highest BCUT2D eigenvalue weighted by molar-refractivity contribution is 6.05. The number of rotatable bonds is 5. The first kappa shape index (κ1) is 15.0. The van der Waals surface area contributed by atoms with E-state index in [0.29, 0.717) is 12.0 Å². The lowest BCUT2D eigenvalue weighted by Gasteiger charge is -2.16. The fraction of sp³-hybridized carbons (Fsp3) is 0.333. The van der Waals surface area contributed by atoms with Crippen LogP contribution < -0.4 is 4.90 Å². The van der Waals surface area contributed by atoms with Crippen LogP contribution >= 0.6 is 0 Å². The predicted octanol–water partition coefficient (Wildman–Crippen LogP) is 2.32. The van der Waals surface area contributed by atoms with E-state index < -0.39 is 0 Å². The van der Waals surface area contributed by atoms with E-state index in [1.54, 1.807) is 41.2 Å². The molecular weight excluding hydrogens is 240 g/mol. The molecule has 0 bridgehead atoms. The summed E-state index contributed by atoms with van der Waals surface area (Å²) in [5.74, 6) is -0.0543. The highest BCUT2D eigenvalue weighted by atomic mass is 16.2. The minimum Gasteiger partial charge on any atom is -0.383 e. The van der Waals surface area contributed by atoms with Gasteiger partial charge in [-0.2, -0.15) is 0 Å². The maximum Gasteiger partial charge on any atom is 0.226 e. The van der Waals surface area contributed by atoms with Crippen LogP contribution in [0.5, 0.6) is 0 Å². The van der Waals surface area contributed by atoms with Crippen molar-refractivity contribution in [3.05, 3.63) is 42.1 Å². The van der Waals surface area contributed by atoms with Gasteiger partial charge in [-0.1, -0.05) is 19.1 Å². The van der Waals surface area contributed by atoms with Crippen molar-refractivity contribution in [2.75, 3.05) is 26.0 Å². The van der Waals surface area contributed by atoms with Crippen LogP contribution in [0.2, 0.25) is 0 Å². The first-order valence-electron chi connectivity index (χ1n) is 6.21. The third-order valence-electron chi connectivity index (χ3n) is 2.72. The Labute approximate surface area is 114 Å². The van der Waals surface area contributed by atoms with Gasteiger partial charge in [0.1, 0.15) is 0 Å². The largest absolute Gasteiger partial charge is 0.383 e. The minimum atomic E-state index is -0.0760. The highest BCUT2D eigenvalue weighted by Gasteiger charge is 2.10. The van der Waals surface area contributed by atoms with Crippen LogP contribution in [0.3, 0.4) is 0 Å². The third-order valence-corrected chi connectivity index (χ3v) is 2.72. The van der Waals surface area contributed by atoms with E-state index in [1.165, 1.54) is 6.08 Å². The molecule has 4 heteroatoms. The molecule has 4 nitrogen and oxygen atoms in total. The van der Waals surface area contributed by atoms with E-state index in [-0.39, 0.29) is 11.7 Å². The zero-order valence-corrected chi connectivity index (χ0v) is 11.9. The Bertz CT molecular complexity index is 493. The number of amides is 1. The fourth-order valence-electron chi connectivity index (χ4n) is 1.56. The van der Waals surface area contributed by atoms with Crippen molar-refractivity contribution in [1.29, 1.82) is 0 Å². The van der Waals surface area contributed by atoms with Crippen molar-refractivity contribution in [3.8, 4) is 0 Å². The molecule has 1 aromatic rings. The Morgan fingerprint density at radius 3 is 2.47 bits per heavy atom. The van der Waals surface area contributed by atoms with Crippen LogP contribution in [0.4, 0.5) is 5.69 Å². The molecule has 0 N–H and O–H groups in total. The van der Waals surface area contributed by atoms with Crippen LogP contribution in [0.1, 0.15) is 23.7 Å². The Morgan fingerprint density at radius 1 is 1.21 bits per heavy atom. The van der Waals surface area contributed by atoms with Crippen molar-refractivity contribution in [2.45, 2.75) is 13.3 Å². The summed E-state index contributed by atoms with van der Waals surface area (Å²) in [6, 6.07) is 7.08. The van der Waals surface area contributed by atoms with Crippen molar-refractivity contribution in [3.63, 3.8) is 0 Å². The molecule has 0 aliphatic carbocycles. The van der Waals surface area contributed by atoms with Crippen LogP contribution in [-0.2, 0) is 4.79 Å². The normalized spacial score (nSPS) is 10.5. The maximum atomic E-state index is 11.9. The van der Waals surface area contributed by atoms with E-state index in [9.17, 15) is 9.59 Å². The molecule has 0 radical (unpaired) electrons. The summed E-state index contributed by atoms with van der Waals surface area (Å²) < 4.78 is 0. The second-order valence-electron chi connectivity index (χ2n) is 4.50.